The lowest BCUT2D eigenvalue weighted by molar-refractivity contribution is -0.119. The summed E-state index contributed by atoms with van der Waals surface area (Å²) in [7, 11) is 3.87. The summed E-state index contributed by atoms with van der Waals surface area (Å²) in [5.41, 5.74) is 0. The summed E-state index contributed by atoms with van der Waals surface area (Å²) >= 11 is 0. The Hall–Kier alpha value is -0.370. The standard InChI is InChI=1S/C8H15NO/c1-9(2)6-8(10)5-7-3-4-7/h7H,3-6H2,1-2H3. The second-order valence-corrected chi connectivity index (χ2v) is 3.42. The number of carbonyl (C=O) groups excluding carboxylic acids is 1. The Labute approximate surface area is 62.2 Å². The topological polar surface area (TPSA) is 20.3 Å². The van der Waals surface area contributed by atoms with Gasteiger partial charge in [-0.25, -0.2) is 0 Å². The highest BCUT2D eigenvalue weighted by Gasteiger charge is 2.23. The van der Waals surface area contributed by atoms with Gasteiger partial charge in [-0.15, -0.1) is 0 Å². The number of likely N-dealkylation sites (N-methyl/N-ethyl adjacent to an activating group) is 1. The lowest BCUT2D eigenvalue weighted by Gasteiger charge is -2.06. The molecule has 1 aliphatic carbocycles. The maximum Gasteiger partial charge on any atom is 0.147 e. The van der Waals surface area contributed by atoms with E-state index in [0.717, 1.165) is 12.3 Å². The first-order valence-corrected chi connectivity index (χ1v) is 3.85. The van der Waals surface area contributed by atoms with Crippen molar-refractivity contribution in [1.82, 2.24) is 4.90 Å². The number of ketones is 1. The second kappa shape index (κ2) is 3.15. The van der Waals surface area contributed by atoms with Gasteiger partial charge in [0.1, 0.15) is 5.78 Å². The highest BCUT2D eigenvalue weighted by molar-refractivity contribution is 5.80. The summed E-state index contributed by atoms with van der Waals surface area (Å²) < 4.78 is 0. The summed E-state index contributed by atoms with van der Waals surface area (Å²) in [6.07, 6.45) is 3.37. The fourth-order valence-corrected chi connectivity index (χ4v) is 1.06. The van der Waals surface area contributed by atoms with E-state index in [1.165, 1.54) is 12.8 Å². The van der Waals surface area contributed by atoms with Crippen molar-refractivity contribution < 1.29 is 4.79 Å². The quantitative estimate of drug-likeness (QED) is 0.580. The summed E-state index contributed by atoms with van der Waals surface area (Å²) in [5.74, 6) is 1.14. The molecule has 0 bridgehead atoms. The van der Waals surface area contributed by atoms with Gasteiger partial charge in [0.25, 0.3) is 0 Å². The van der Waals surface area contributed by atoms with Crippen LogP contribution >= 0.6 is 0 Å². The lowest BCUT2D eigenvalue weighted by Crippen LogP contribution is -2.21. The highest BCUT2D eigenvalue weighted by atomic mass is 16.1. The summed E-state index contributed by atoms with van der Waals surface area (Å²) in [5, 5.41) is 0. The highest BCUT2D eigenvalue weighted by Crippen LogP contribution is 2.32. The molecule has 2 heteroatoms. The lowest BCUT2D eigenvalue weighted by atomic mass is 10.2. The van der Waals surface area contributed by atoms with Crippen molar-refractivity contribution in [1.29, 1.82) is 0 Å². The molecule has 0 unspecified atom stereocenters. The zero-order valence-electron chi connectivity index (χ0n) is 6.76. The smallest absolute Gasteiger partial charge is 0.147 e. The molecule has 2 nitrogen and oxygen atoms in total. The fourth-order valence-electron chi connectivity index (χ4n) is 1.06. The zero-order chi connectivity index (χ0) is 7.56. The van der Waals surface area contributed by atoms with Gasteiger partial charge in [-0.2, -0.15) is 0 Å². The van der Waals surface area contributed by atoms with E-state index >= 15 is 0 Å². The molecule has 0 saturated heterocycles. The van der Waals surface area contributed by atoms with Crippen molar-refractivity contribution >= 4 is 5.78 Å². The van der Waals surface area contributed by atoms with Crippen LogP contribution in [0.4, 0.5) is 0 Å². The van der Waals surface area contributed by atoms with Gasteiger partial charge in [-0.3, -0.25) is 4.79 Å². The minimum absolute atomic E-state index is 0.396. The van der Waals surface area contributed by atoms with Crippen LogP contribution in [0.1, 0.15) is 19.3 Å². The zero-order valence-corrected chi connectivity index (χ0v) is 6.76. The molecule has 1 fully saturated rings. The summed E-state index contributed by atoms with van der Waals surface area (Å²) in [6, 6.07) is 0. The van der Waals surface area contributed by atoms with Crippen LogP contribution in [-0.2, 0) is 4.79 Å². The number of carbonyl (C=O) groups is 1. The first-order chi connectivity index (χ1) is 4.68. The van der Waals surface area contributed by atoms with E-state index < -0.39 is 0 Å². The number of Topliss-reactive ketones (excluding diaryl/α,β-unsaturated/α-hetero) is 1. The Morgan fingerprint density at radius 1 is 1.50 bits per heavy atom. The predicted molar refractivity (Wildman–Crippen MR) is 40.9 cm³/mol. The van der Waals surface area contributed by atoms with Crippen LogP contribution in [0.25, 0.3) is 0 Å². The van der Waals surface area contributed by atoms with Crippen LogP contribution < -0.4 is 0 Å². The Morgan fingerprint density at radius 3 is 2.50 bits per heavy atom. The second-order valence-electron chi connectivity index (χ2n) is 3.42. The molecule has 0 heterocycles. The van der Waals surface area contributed by atoms with Crippen molar-refractivity contribution in [2.24, 2.45) is 5.92 Å². The van der Waals surface area contributed by atoms with E-state index in [4.69, 9.17) is 0 Å². The third-order valence-electron chi connectivity index (χ3n) is 1.71. The average Bonchev–Trinajstić information content (AvgIpc) is 2.46. The van der Waals surface area contributed by atoms with Gasteiger partial charge in [0.05, 0.1) is 6.54 Å². The molecule has 1 saturated carbocycles. The fraction of sp³-hybridized carbons (Fsp3) is 0.875. The molecule has 10 heavy (non-hydrogen) atoms. The minimum atomic E-state index is 0.396. The maximum atomic E-state index is 11.1. The van der Waals surface area contributed by atoms with Crippen LogP contribution in [0.3, 0.4) is 0 Å². The number of hydrogen-bond acceptors (Lipinski definition) is 2. The van der Waals surface area contributed by atoms with Gasteiger partial charge in [0.2, 0.25) is 0 Å². The number of rotatable bonds is 4. The van der Waals surface area contributed by atoms with Crippen LogP contribution in [0.2, 0.25) is 0 Å². The molecule has 0 aromatic heterocycles. The maximum absolute atomic E-state index is 11.1. The molecule has 0 radical (unpaired) electrons. The first-order valence-electron chi connectivity index (χ1n) is 3.85. The largest absolute Gasteiger partial charge is 0.302 e. The minimum Gasteiger partial charge on any atom is -0.302 e. The van der Waals surface area contributed by atoms with E-state index in [0.29, 0.717) is 12.3 Å². The molecule has 0 aromatic rings. The Bertz CT molecular complexity index is 121. The molecule has 0 atom stereocenters. The monoisotopic (exact) mass is 141 g/mol. The van der Waals surface area contributed by atoms with Gasteiger partial charge >= 0.3 is 0 Å². The Kier molecular flexibility index (Phi) is 2.44. The number of hydrogen-bond donors (Lipinski definition) is 0. The van der Waals surface area contributed by atoms with E-state index in [1.807, 2.05) is 19.0 Å². The van der Waals surface area contributed by atoms with Crippen molar-refractivity contribution in [2.75, 3.05) is 20.6 Å². The van der Waals surface area contributed by atoms with Crippen molar-refractivity contribution in [3.8, 4) is 0 Å². The normalized spacial score (nSPS) is 17.9. The molecule has 0 N–H and O–H groups in total. The van der Waals surface area contributed by atoms with Crippen molar-refractivity contribution in [3.63, 3.8) is 0 Å². The van der Waals surface area contributed by atoms with Gasteiger partial charge < -0.3 is 4.90 Å². The molecule has 0 aromatic carbocycles. The van der Waals surface area contributed by atoms with Gasteiger partial charge in [-0.05, 0) is 32.9 Å². The molecule has 0 aliphatic heterocycles. The van der Waals surface area contributed by atoms with E-state index in [2.05, 4.69) is 0 Å². The van der Waals surface area contributed by atoms with E-state index in [-0.39, 0.29) is 0 Å². The van der Waals surface area contributed by atoms with E-state index in [1.54, 1.807) is 0 Å². The van der Waals surface area contributed by atoms with Gasteiger partial charge in [-0.1, -0.05) is 0 Å². The first kappa shape index (κ1) is 7.73. The Morgan fingerprint density at radius 2 is 2.10 bits per heavy atom. The summed E-state index contributed by atoms with van der Waals surface area (Å²) in [4.78, 5) is 13.0. The molecular weight excluding hydrogens is 126 g/mol. The van der Waals surface area contributed by atoms with Crippen LogP contribution in [0, 0.1) is 5.92 Å². The SMILES string of the molecule is CN(C)CC(=O)CC1CC1. The van der Waals surface area contributed by atoms with Crippen LogP contribution in [0.15, 0.2) is 0 Å². The van der Waals surface area contributed by atoms with Gasteiger partial charge in [0, 0.05) is 6.42 Å². The molecule has 58 valence electrons. The van der Waals surface area contributed by atoms with E-state index in [9.17, 15) is 4.79 Å². The third kappa shape index (κ3) is 2.97. The molecule has 1 rings (SSSR count). The summed E-state index contributed by atoms with van der Waals surface area (Å²) in [6.45, 7) is 0.622. The Balaban J connectivity index is 2.08. The molecule has 1 aliphatic rings. The van der Waals surface area contributed by atoms with Crippen LogP contribution in [-0.4, -0.2) is 31.3 Å². The molecule has 0 amide bonds. The predicted octanol–water partition coefficient (Wildman–Crippen LogP) is 0.917. The van der Waals surface area contributed by atoms with Crippen molar-refractivity contribution in [2.45, 2.75) is 19.3 Å². The average molecular weight is 141 g/mol. The molecular formula is C8H15NO. The number of nitrogens with zero attached hydrogens (tertiary/aromatic N) is 1. The third-order valence-corrected chi connectivity index (χ3v) is 1.71. The molecule has 0 spiro atoms. The van der Waals surface area contributed by atoms with Crippen LogP contribution in [0.5, 0.6) is 0 Å². The van der Waals surface area contributed by atoms with Gasteiger partial charge in [0.15, 0.2) is 0 Å². The van der Waals surface area contributed by atoms with Crippen molar-refractivity contribution in [3.05, 3.63) is 0 Å².